The largest absolute Gasteiger partial charge is 0.357 e. The molecule has 2 rings (SSSR count). The molecule has 1 atom stereocenters. The van der Waals surface area contributed by atoms with E-state index in [1.807, 2.05) is 11.8 Å². The molecule has 0 bridgehead atoms. The normalized spacial score (nSPS) is 22.2. The summed E-state index contributed by atoms with van der Waals surface area (Å²) in [6, 6.07) is 0.241. The zero-order valence-corrected chi connectivity index (χ0v) is 17.1. The Morgan fingerprint density at radius 2 is 2.00 bits per heavy atom. The molecule has 1 amide bonds. The van der Waals surface area contributed by atoms with Crippen molar-refractivity contribution in [2.24, 2.45) is 10.9 Å². The molecule has 24 heavy (non-hydrogen) atoms. The lowest BCUT2D eigenvalue weighted by molar-refractivity contribution is -0.135. The Morgan fingerprint density at radius 1 is 1.25 bits per heavy atom. The number of carbonyl (C=O) groups excluding carboxylic acids is 1. The second-order valence-electron chi connectivity index (χ2n) is 6.55. The van der Waals surface area contributed by atoms with Crippen LogP contribution in [0.5, 0.6) is 0 Å². The maximum atomic E-state index is 12.6. The third kappa shape index (κ3) is 6.72. The van der Waals surface area contributed by atoms with Gasteiger partial charge in [0.2, 0.25) is 5.91 Å². The van der Waals surface area contributed by atoms with E-state index in [1.165, 1.54) is 19.3 Å². The zero-order valence-electron chi connectivity index (χ0n) is 14.7. The number of likely N-dealkylation sites (tertiary alicyclic amines) is 1. The highest BCUT2D eigenvalue weighted by molar-refractivity contribution is 14.0. The van der Waals surface area contributed by atoms with Gasteiger partial charge in [0, 0.05) is 38.1 Å². The number of hydrogen-bond acceptors (Lipinski definition) is 2. The molecule has 1 saturated carbocycles. The third-order valence-corrected chi connectivity index (χ3v) is 4.70. The molecule has 1 unspecified atom stereocenters. The first kappa shape index (κ1) is 21.4. The number of carbonyl (C=O) groups is 1. The van der Waals surface area contributed by atoms with Gasteiger partial charge in [0.05, 0.1) is 6.67 Å². The highest BCUT2D eigenvalue weighted by atomic mass is 127. The zero-order chi connectivity index (χ0) is 16.5. The van der Waals surface area contributed by atoms with E-state index in [1.54, 1.807) is 0 Å². The average Bonchev–Trinajstić information content (AvgIpc) is 3.04. The third-order valence-electron chi connectivity index (χ3n) is 4.70. The molecule has 1 aliphatic carbocycles. The first-order valence-electron chi connectivity index (χ1n) is 9.14. The second-order valence-corrected chi connectivity index (χ2v) is 6.55. The van der Waals surface area contributed by atoms with Crippen molar-refractivity contribution in [2.45, 2.75) is 57.9 Å². The molecule has 1 heterocycles. The van der Waals surface area contributed by atoms with Crippen molar-refractivity contribution < 1.29 is 9.18 Å². The van der Waals surface area contributed by atoms with Gasteiger partial charge in [-0.15, -0.1) is 24.0 Å². The summed E-state index contributed by atoms with van der Waals surface area (Å²) in [4.78, 5) is 19.0. The first-order chi connectivity index (χ1) is 11.2. The second kappa shape index (κ2) is 11.9. The number of nitrogens with one attached hydrogen (secondary N) is 2. The smallest absolute Gasteiger partial charge is 0.225 e. The van der Waals surface area contributed by atoms with E-state index in [-0.39, 0.29) is 42.6 Å². The van der Waals surface area contributed by atoms with E-state index >= 15 is 0 Å². The van der Waals surface area contributed by atoms with Crippen LogP contribution in [-0.4, -0.2) is 55.7 Å². The van der Waals surface area contributed by atoms with Crippen LogP contribution >= 0.6 is 24.0 Å². The Hall–Kier alpha value is -0.600. The van der Waals surface area contributed by atoms with Gasteiger partial charge in [-0.1, -0.05) is 19.3 Å². The highest BCUT2D eigenvalue weighted by Gasteiger charge is 2.31. The Bertz CT molecular complexity index is 402. The van der Waals surface area contributed by atoms with Crippen LogP contribution in [0.1, 0.15) is 51.9 Å². The van der Waals surface area contributed by atoms with E-state index in [2.05, 4.69) is 15.6 Å². The Morgan fingerprint density at radius 3 is 2.67 bits per heavy atom. The standard InChI is InChI=1S/C17H31FN4O.HI/c1-2-19-17(20-11-6-10-18)21-15-9-12-22(13-15)16(23)14-7-4-3-5-8-14;/h14-15H,2-13H2,1H3,(H2,19,20,21);1H. The molecule has 0 aromatic heterocycles. The summed E-state index contributed by atoms with van der Waals surface area (Å²) >= 11 is 0. The molecule has 7 heteroatoms. The lowest BCUT2D eigenvalue weighted by Crippen LogP contribution is -2.45. The monoisotopic (exact) mass is 454 g/mol. The molecular weight excluding hydrogens is 422 g/mol. The van der Waals surface area contributed by atoms with Gasteiger partial charge in [0.15, 0.2) is 5.96 Å². The number of amides is 1. The molecule has 2 fully saturated rings. The molecule has 0 spiro atoms. The fourth-order valence-electron chi connectivity index (χ4n) is 3.45. The van der Waals surface area contributed by atoms with Crippen LogP contribution in [0, 0.1) is 5.92 Å². The molecule has 0 aromatic rings. The van der Waals surface area contributed by atoms with Crippen molar-refractivity contribution in [1.82, 2.24) is 15.5 Å². The van der Waals surface area contributed by atoms with Gasteiger partial charge in [-0.05, 0) is 32.6 Å². The minimum absolute atomic E-state index is 0. The molecule has 2 aliphatic rings. The summed E-state index contributed by atoms with van der Waals surface area (Å²) in [5.41, 5.74) is 0. The van der Waals surface area contributed by atoms with Crippen LogP contribution in [0.15, 0.2) is 4.99 Å². The lowest BCUT2D eigenvalue weighted by atomic mass is 9.88. The van der Waals surface area contributed by atoms with Crippen molar-refractivity contribution in [3.63, 3.8) is 0 Å². The van der Waals surface area contributed by atoms with Gasteiger partial charge in [0.1, 0.15) is 0 Å². The Balaban J connectivity index is 0.00000288. The number of guanidine groups is 1. The fraction of sp³-hybridized carbons (Fsp3) is 0.882. The van der Waals surface area contributed by atoms with Crippen LogP contribution in [0.2, 0.25) is 0 Å². The summed E-state index contributed by atoms with van der Waals surface area (Å²) in [6.45, 7) is 4.53. The Kier molecular flexibility index (Phi) is 10.6. The van der Waals surface area contributed by atoms with Gasteiger partial charge in [-0.3, -0.25) is 14.2 Å². The quantitative estimate of drug-likeness (QED) is 0.281. The van der Waals surface area contributed by atoms with E-state index in [9.17, 15) is 9.18 Å². The molecule has 140 valence electrons. The SMILES string of the molecule is CCNC(=NCCCF)NC1CCN(C(=O)C2CCCCC2)C1.I. The molecule has 2 N–H and O–H groups in total. The number of aliphatic imine (C=N–C) groups is 1. The molecule has 1 saturated heterocycles. The van der Waals surface area contributed by atoms with E-state index in [0.717, 1.165) is 44.9 Å². The summed E-state index contributed by atoms with van der Waals surface area (Å²) in [5.74, 6) is 1.32. The Labute approximate surface area is 162 Å². The number of alkyl halides is 1. The van der Waals surface area contributed by atoms with Gasteiger partial charge in [-0.25, -0.2) is 0 Å². The topological polar surface area (TPSA) is 56.7 Å². The maximum absolute atomic E-state index is 12.6. The molecule has 1 aliphatic heterocycles. The van der Waals surface area contributed by atoms with Crippen molar-refractivity contribution in [3.05, 3.63) is 0 Å². The van der Waals surface area contributed by atoms with Crippen LogP contribution in [-0.2, 0) is 4.79 Å². The number of rotatable bonds is 6. The predicted molar refractivity (Wildman–Crippen MR) is 107 cm³/mol. The number of nitrogens with zero attached hydrogens (tertiary/aromatic N) is 2. The van der Waals surface area contributed by atoms with Crippen LogP contribution in [0.3, 0.4) is 0 Å². The summed E-state index contributed by atoms with van der Waals surface area (Å²) < 4.78 is 12.2. The van der Waals surface area contributed by atoms with Crippen LogP contribution in [0.25, 0.3) is 0 Å². The predicted octanol–water partition coefficient (Wildman–Crippen LogP) is 2.70. The molecular formula is C17H32FIN4O. The average molecular weight is 454 g/mol. The number of hydrogen-bond donors (Lipinski definition) is 2. The fourth-order valence-corrected chi connectivity index (χ4v) is 3.45. The lowest BCUT2D eigenvalue weighted by Gasteiger charge is -2.26. The highest BCUT2D eigenvalue weighted by Crippen LogP contribution is 2.26. The van der Waals surface area contributed by atoms with Crippen LogP contribution in [0.4, 0.5) is 4.39 Å². The van der Waals surface area contributed by atoms with Gasteiger partial charge in [0.25, 0.3) is 0 Å². The van der Waals surface area contributed by atoms with Gasteiger partial charge >= 0.3 is 0 Å². The van der Waals surface area contributed by atoms with Gasteiger partial charge in [-0.2, -0.15) is 0 Å². The minimum Gasteiger partial charge on any atom is -0.357 e. The summed E-state index contributed by atoms with van der Waals surface area (Å²) in [5, 5.41) is 6.57. The van der Waals surface area contributed by atoms with E-state index in [4.69, 9.17) is 0 Å². The van der Waals surface area contributed by atoms with Crippen molar-refractivity contribution in [1.29, 1.82) is 0 Å². The van der Waals surface area contributed by atoms with Crippen molar-refractivity contribution >= 4 is 35.8 Å². The van der Waals surface area contributed by atoms with Crippen LogP contribution < -0.4 is 10.6 Å². The van der Waals surface area contributed by atoms with Crippen molar-refractivity contribution in [3.8, 4) is 0 Å². The molecule has 0 aromatic carbocycles. The van der Waals surface area contributed by atoms with E-state index in [0.29, 0.717) is 18.9 Å². The van der Waals surface area contributed by atoms with E-state index < -0.39 is 0 Å². The van der Waals surface area contributed by atoms with Crippen molar-refractivity contribution in [2.75, 3.05) is 32.9 Å². The molecule has 0 radical (unpaired) electrons. The minimum atomic E-state index is -0.337. The summed E-state index contributed by atoms with van der Waals surface area (Å²) in [6.07, 6.45) is 7.17. The number of halogens is 2. The van der Waals surface area contributed by atoms with Gasteiger partial charge < -0.3 is 15.5 Å². The molecule has 5 nitrogen and oxygen atoms in total. The maximum Gasteiger partial charge on any atom is 0.225 e. The first-order valence-corrected chi connectivity index (χ1v) is 9.14. The summed E-state index contributed by atoms with van der Waals surface area (Å²) in [7, 11) is 0.